The highest BCUT2D eigenvalue weighted by Gasteiger charge is 2.23. The van der Waals surface area contributed by atoms with Crippen LogP contribution in [0, 0.1) is 18.6 Å². The van der Waals surface area contributed by atoms with Crippen molar-refractivity contribution in [3.8, 4) is 5.75 Å². The SMILES string of the molecule is Cc1cc(C(=O)c2cccc3c2OCC3)c(F)cc1F. The largest absolute Gasteiger partial charge is 0.492 e. The van der Waals surface area contributed by atoms with Gasteiger partial charge in [0.25, 0.3) is 0 Å². The Hall–Kier alpha value is -2.23. The number of benzene rings is 2. The van der Waals surface area contributed by atoms with Crippen molar-refractivity contribution in [1.29, 1.82) is 0 Å². The molecule has 1 heterocycles. The zero-order chi connectivity index (χ0) is 14.3. The Labute approximate surface area is 115 Å². The van der Waals surface area contributed by atoms with Gasteiger partial charge in [-0.2, -0.15) is 0 Å². The summed E-state index contributed by atoms with van der Waals surface area (Å²) < 4.78 is 32.5. The van der Waals surface area contributed by atoms with Crippen LogP contribution in [0.2, 0.25) is 0 Å². The van der Waals surface area contributed by atoms with E-state index >= 15 is 0 Å². The van der Waals surface area contributed by atoms with Gasteiger partial charge in [-0.05, 0) is 30.2 Å². The van der Waals surface area contributed by atoms with Crippen LogP contribution < -0.4 is 4.74 Å². The third-order valence-electron chi connectivity index (χ3n) is 3.45. The number of rotatable bonds is 2. The molecule has 0 N–H and O–H groups in total. The minimum Gasteiger partial charge on any atom is -0.492 e. The van der Waals surface area contributed by atoms with Crippen LogP contribution in [-0.4, -0.2) is 12.4 Å². The molecule has 0 atom stereocenters. The summed E-state index contributed by atoms with van der Waals surface area (Å²) >= 11 is 0. The summed E-state index contributed by atoms with van der Waals surface area (Å²) in [5, 5.41) is 0. The van der Waals surface area contributed by atoms with Crippen LogP contribution in [0.5, 0.6) is 5.75 Å². The Morgan fingerprint density at radius 2 is 1.95 bits per heavy atom. The third kappa shape index (κ3) is 1.97. The zero-order valence-corrected chi connectivity index (χ0v) is 10.9. The van der Waals surface area contributed by atoms with Gasteiger partial charge in [-0.3, -0.25) is 4.79 Å². The molecule has 20 heavy (non-hydrogen) atoms. The molecule has 2 nitrogen and oxygen atoms in total. The van der Waals surface area contributed by atoms with Crippen LogP contribution in [0.15, 0.2) is 30.3 Å². The van der Waals surface area contributed by atoms with Gasteiger partial charge in [-0.1, -0.05) is 12.1 Å². The van der Waals surface area contributed by atoms with Gasteiger partial charge in [0.1, 0.15) is 17.4 Å². The summed E-state index contributed by atoms with van der Waals surface area (Å²) in [4.78, 5) is 12.4. The van der Waals surface area contributed by atoms with Gasteiger partial charge in [0.05, 0.1) is 17.7 Å². The molecule has 4 heteroatoms. The summed E-state index contributed by atoms with van der Waals surface area (Å²) in [5.74, 6) is -1.48. The van der Waals surface area contributed by atoms with Crippen molar-refractivity contribution in [3.05, 3.63) is 64.2 Å². The molecular formula is C16H12F2O2. The van der Waals surface area contributed by atoms with Gasteiger partial charge in [-0.15, -0.1) is 0 Å². The van der Waals surface area contributed by atoms with E-state index in [1.807, 2.05) is 6.07 Å². The number of para-hydroxylation sites is 1. The molecular weight excluding hydrogens is 262 g/mol. The van der Waals surface area contributed by atoms with Gasteiger partial charge in [-0.25, -0.2) is 8.78 Å². The van der Waals surface area contributed by atoms with Crippen molar-refractivity contribution in [1.82, 2.24) is 0 Å². The topological polar surface area (TPSA) is 26.3 Å². The molecule has 2 aromatic carbocycles. The minimum absolute atomic E-state index is 0.132. The summed E-state index contributed by atoms with van der Waals surface area (Å²) in [6.45, 7) is 2.02. The fourth-order valence-corrected chi connectivity index (χ4v) is 2.37. The zero-order valence-electron chi connectivity index (χ0n) is 10.9. The molecule has 0 spiro atoms. The fraction of sp³-hybridized carbons (Fsp3) is 0.188. The summed E-state index contributed by atoms with van der Waals surface area (Å²) in [5.41, 5.74) is 1.37. The molecule has 3 rings (SSSR count). The highest BCUT2D eigenvalue weighted by molar-refractivity contribution is 6.11. The maximum absolute atomic E-state index is 13.8. The molecule has 0 radical (unpaired) electrons. The van der Waals surface area contributed by atoms with Gasteiger partial charge in [0.15, 0.2) is 5.78 Å². The van der Waals surface area contributed by atoms with E-state index in [9.17, 15) is 13.6 Å². The number of ether oxygens (including phenoxy) is 1. The molecule has 1 aliphatic rings. The van der Waals surface area contributed by atoms with Crippen molar-refractivity contribution in [2.24, 2.45) is 0 Å². The Morgan fingerprint density at radius 1 is 1.15 bits per heavy atom. The van der Waals surface area contributed by atoms with Crippen LogP contribution >= 0.6 is 0 Å². The molecule has 0 amide bonds. The smallest absolute Gasteiger partial charge is 0.199 e. The van der Waals surface area contributed by atoms with Gasteiger partial charge in [0.2, 0.25) is 0 Å². The molecule has 1 aliphatic heterocycles. The lowest BCUT2D eigenvalue weighted by Crippen LogP contribution is -2.07. The van der Waals surface area contributed by atoms with E-state index in [-0.39, 0.29) is 11.1 Å². The second-order valence-electron chi connectivity index (χ2n) is 4.80. The monoisotopic (exact) mass is 274 g/mol. The van der Waals surface area contributed by atoms with E-state index in [0.717, 1.165) is 18.1 Å². The van der Waals surface area contributed by atoms with Crippen molar-refractivity contribution in [2.45, 2.75) is 13.3 Å². The highest BCUT2D eigenvalue weighted by Crippen LogP contribution is 2.31. The van der Waals surface area contributed by atoms with Crippen LogP contribution in [0.1, 0.15) is 27.0 Å². The molecule has 0 unspecified atom stereocenters. The molecule has 0 saturated carbocycles. The first-order chi connectivity index (χ1) is 9.58. The lowest BCUT2D eigenvalue weighted by molar-refractivity contribution is 0.103. The first-order valence-corrected chi connectivity index (χ1v) is 6.33. The average Bonchev–Trinajstić information content (AvgIpc) is 2.90. The van der Waals surface area contributed by atoms with E-state index in [2.05, 4.69) is 0 Å². The number of ketones is 1. The highest BCUT2D eigenvalue weighted by atomic mass is 19.1. The number of hydrogen-bond donors (Lipinski definition) is 0. The Bertz CT molecular complexity index is 708. The van der Waals surface area contributed by atoms with Crippen LogP contribution in [0.4, 0.5) is 8.78 Å². The molecule has 0 bridgehead atoms. The van der Waals surface area contributed by atoms with Crippen LogP contribution in [0.25, 0.3) is 0 Å². The maximum Gasteiger partial charge on any atom is 0.199 e. The predicted octanol–water partition coefficient (Wildman–Crippen LogP) is 3.44. The van der Waals surface area contributed by atoms with Gasteiger partial charge >= 0.3 is 0 Å². The summed E-state index contributed by atoms with van der Waals surface area (Å²) in [7, 11) is 0. The Balaban J connectivity index is 2.10. The second kappa shape index (κ2) is 4.71. The standard InChI is InChI=1S/C16H12F2O2/c1-9-7-12(14(18)8-13(9)17)15(19)11-4-2-3-10-5-6-20-16(10)11/h2-4,7-8H,5-6H2,1H3. The fourth-order valence-electron chi connectivity index (χ4n) is 2.37. The maximum atomic E-state index is 13.8. The minimum atomic E-state index is -0.853. The van der Waals surface area contributed by atoms with Gasteiger partial charge in [0, 0.05) is 12.5 Å². The van der Waals surface area contributed by atoms with E-state index in [0.29, 0.717) is 17.9 Å². The molecule has 0 aliphatic carbocycles. The number of aryl methyl sites for hydroxylation is 1. The molecule has 0 fully saturated rings. The Kier molecular flexibility index (Phi) is 3.01. The van der Waals surface area contributed by atoms with Crippen LogP contribution in [-0.2, 0) is 6.42 Å². The van der Waals surface area contributed by atoms with E-state index in [1.54, 1.807) is 12.1 Å². The van der Waals surface area contributed by atoms with E-state index < -0.39 is 17.4 Å². The van der Waals surface area contributed by atoms with E-state index in [1.165, 1.54) is 13.0 Å². The first kappa shape index (κ1) is 12.8. The summed E-state index contributed by atoms with van der Waals surface area (Å²) in [6.07, 6.45) is 0.737. The van der Waals surface area contributed by atoms with Crippen molar-refractivity contribution < 1.29 is 18.3 Å². The molecule has 102 valence electrons. The molecule has 0 aromatic heterocycles. The van der Waals surface area contributed by atoms with Crippen molar-refractivity contribution in [3.63, 3.8) is 0 Å². The van der Waals surface area contributed by atoms with Crippen LogP contribution in [0.3, 0.4) is 0 Å². The quantitative estimate of drug-likeness (QED) is 0.784. The number of fused-ring (bicyclic) bond motifs is 1. The lowest BCUT2D eigenvalue weighted by atomic mass is 9.98. The van der Waals surface area contributed by atoms with Crippen molar-refractivity contribution in [2.75, 3.05) is 6.61 Å². The Morgan fingerprint density at radius 3 is 2.75 bits per heavy atom. The van der Waals surface area contributed by atoms with Crippen molar-refractivity contribution >= 4 is 5.78 Å². The normalized spacial score (nSPS) is 12.9. The van der Waals surface area contributed by atoms with E-state index in [4.69, 9.17) is 4.74 Å². The number of carbonyl (C=O) groups excluding carboxylic acids is 1. The average molecular weight is 274 g/mol. The second-order valence-corrected chi connectivity index (χ2v) is 4.80. The number of halogens is 2. The molecule has 2 aromatic rings. The summed E-state index contributed by atoms with van der Waals surface area (Å²) in [6, 6.07) is 7.21. The number of carbonyl (C=O) groups is 1. The molecule has 0 saturated heterocycles. The van der Waals surface area contributed by atoms with Gasteiger partial charge < -0.3 is 4.74 Å². The first-order valence-electron chi connectivity index (χ1n) is 6.33. The third-order valence-corrected chi connectivity index (χ3v) is 3.45. The predicted molar refractivity (Wildman–Crippen MR) is 70.2 cm³/mol. The lowest BCUT2D eigenvalue weighted by Gasteiger charge is -2.09. The number of hydrogen-bond acceptors (Lipinski definition) is 2.